The topological polar surface area (TPSA) is 94.0 Å². The van der Waals surface area contributed by atoms with Crippen molar-refractivity contribution in [3.05, 3.63) is 552 Å². The van der Waals surface area contributed by atoms with Crippen LogP contribution in [0, 0.1) is 0 Å². The minimum absolute atomic E-state index is 0.651. The predicted octanol–water partition coefficient (Wildman–Crippen LogP) is 35.6. The van der Waals surface area contributed by atoms with Gasteiger partial charge in [-0.15, -0.1) is 0 Å². The van der Waals surface area contributed by atoms with Gasteiger partial charge in [0.15, 0.2) is 5.82 Å². The summed E-state index contributed by atoms with van der Waals surface area (Å²) in [5.41, 5.74) is 35.5. The second-order valence-electron chi connectivity index (χ2n) is 38.2. The Labute approximate surface area is 864 Å². The van der Waals surface area contributed by atoms with Gasteiger partial charge >= 0.3 is 0 Å². The first-order chi connectivity index (χ1) is 74.4. The predicted molar refractivity (Wildman–Crippen MR) is 623 cm³/mol. The van der Waals surface area contributed by atoms with Crippen LogP contribution < -0.4 is 0 Å². The van der Waals surface area contributed by atoms with Gasteiger partial charge in [0.1, 0.15) is 11.6 Å². The number of hydrogen-bond donors (Lipinski definition) is 0. The van der Waals surface area contributed by atoms with E-state index in [0.717, 1.165) is 129 Å². The number of benzene rings is 21. The number of hydrogen-bond acceptors (Lipinski definition) is 5. The second-order valence-corrected chi connectivity index (χ2v) is 38.2. The molecule has 0 fully saturated rings. The molecule has 0 aliphatic carbocycles. The van der Waals surface area contributed by atoms with Gasteiger partial charge in [0, 0.05) is 116 Å². The zero-order chi connectivity index (χ0) is 99.1. The maximum absolute atomic E-state index is 5.31. The molecule has 30 aromatic rings. The van der Waals surface area contributed by atoms with Gasteiger partial charge in [-0.1, -0.05) is 400 Å². The molecule has 9 heterocycles. The number of rotatable bonds is 15. The summed E-state index contributed by atoms with van der Waals surface area (Å²) in [4.78, 5) is 25.9. The van der Waals surface area contributed by atoms with E-state index in [1.54, 1.807) is 0 Å². The van der Waals surface area contributed by atoms with Crippen LogP contribution in [-0.4, -0.2) is 52.3 Å². The molecule has 0 saturated carbocycles. The van der Waals surface area contributed by atoms with E-state index in [2.05, 4.69) is 543 Å². The molecular weight excluding hydrogens is 1820 g/mol. The monoisotopic (exact) mass is 1910 g/mol. The van der Waals surface area contributed by atoms with Gasteiger partial charge in [-0.2, -0.15) is 0 Å². The molecule has 0 bridgehead atoms. The lowest BCUT2D eigenvalue weighted by molar-refractivity contribution is 0.995. The van der Waals surface area contributed by atoms with Crippen molar-refractivity contribution in [3.8, 4) is 136 Å². The number of para-hydroxylation sites is 9. The first-order valence-corrected chi connectivity index (χ1v) is 50.9. The van der Waals surface area contributed by atoms with E-state index in [1.807, 2.05) is 36.4 Å². The maximum Gasteiger partial charge on any atom is 0.235 e. The summed E-state index contributed by atoms with van der Waals surface area (Å²) in [5.74, 6) is 3.09. The Morgan fingerprint density at radius 3 is 0.700 bits per heavy atom. The van der Waals surface area contributed by atoms with Crippen LogP contribution in [0.4, 0.5) is 0 Å². The molecule has 9 aromatic heterocycles. The van der Waals surface area contributed by atoms with E-state index >= 15 is 0 Å². The van der Waals surface area contributed by atoms with Gasteiger partial charge in [0.05, 0.1) is 89.0 Å². The van der Waals surface area contributed by atoms with Gasteiger partial charge in [0.2, 0.25) is 5.95 Å². The molecule has 30 rings (SSSR count). The fourth-order valence-corrected chi connectivity index (χ4v) is 22.4. The molecule has 0 aliphatic rings. The number of pyridine rings is 1. The lowest BCUT2D eigenvalue weighted by Gasteiger charge is -2.13. The van der Waals surface area contributed by atoms with Gasteiger partial charge in [-0.05, 0) is 190 Å². The SMILES string of the molecule is c1ccc(-c2cc(-c3ccccc3)nc(-n3c4ccccc4c4cc(-c5ccc6c7ccccc7n(-c7ccccc7)c6c5)ccc43)c2)cc1.c1ccc(-c2cc(-c3ccccc3)nc(-n3c4ccccc4c4cc(-c5ccc6c7ccccc7n(-c7ccccc7)c6c5)ccc43)n2)cc1.c1ccc(-c2cc(-n3c4ccccc4c4cc(-c5ccc6c7ccccc7n(-c7ccccc7)c6c5)ccc43)nc(-c3ccccc3)n2)cc1. The first kappa shape index (κ1) is 87.5. The molecule has 0 atom stereocenters. The highest BCUT2D eigenvalue weighted by Crippen LogP contribution is 2.46. The molecule has 0 aliphatic heterocycles. The van der Waals surface area contributed by atoms with Crippen LogP contribution in [-0.2, 0) is 0 Å². The van der Waals surface area contributed by atoms with E-state index in [4.69, 9.17) is 24.9 Å². The van der Waals surface area contributed by atoms with Crippen LogP contribution in [0.1, 0.15) is 0 Å². The van der Waals surface area contributed by atoms with E-state index in [9.17, 15) is 0 Å². The lowest BCUT2D eigenvalue weighted by Crippen LogP contribution is -2.03. The van der Waals surface area contributed by atoms with Gasteiger partial charge in [0.25, 0.3) is 0 Å². The molecule has 0 unspecified atom stereocenters. The van der Waals surface area contributed by atoms with E-state index in [0.29, 0.717) is 11.8 Å². The largest absolute Gasteiger partial charge is 0.309 e. The van der Waals surface area contributed by atoms with Crippen molar-refractivity contribution < 1.29 is 0 Å². The van der Waals surface area contributed by atoms with Crippen LogP contribution in [0.3, 0.4) is 0 Å². The van der Waals surface area contributed by atoms with Crippen molar-refractivity contribution in [2.24, 2.45) is 0 Å². The molecule has 702 valence electrons. The third-order valence-corrected chi connectivity index (χ3v) is 29.4. The molecular formula is C139H91N11. The highest BCUT2D eigenvalue weighted by Gasteiger charge is 2.26. The van der Waals surface area contributed by atoms with Gasteiger partial charge in [-0.25, -0.2) is 24.9 Å². The zero-order valence-corrected chi connectivity index (χ0v) is 81.5. The normalized spacial score (nSPS) is 11.6. The van der Waals surface area contributed by atoms with Crippen LogP contribution in [0.5, 0.6) is 0 Å². The van der Waals surface area contributed by atoms with Crippen molar-refractivity contribution in [1.82, 2.24) is 52.3 Å². The smallest absolute Gasteiger partial charge is 0.235 e. The van der Waals surface area contributed by atoms with E-state index in [-0.39, 0.29) is 0 Å². The number of nitrogens with zero attached hydrogens (tertiary/aromatic N) is 11. The number of aromatic nitrogens is 11. The van der Waals surface area contributed by atoms with Crippen molar-refractivity contribution in [2.45, 2.75) is 0 Å². The molecule has 150 heavy (non-hydrogen) atoms. The van der Waals surface area contributed by atoms with Crippen molar-refractivity contribution in [2.75, 3.05) is 0 Å². The summed E-state index contributed by atoms with van der Waals surface area (Å²) < 4.78 is 14.0. The Bertz CT molecular complexity index is 9320. The van der Waals surface area contributed by atoms with Crippen LogP contribution >= 0.6 is 0 Å². The molecule has 0 amide bonds. The molecule has 0 spiro atoms. The zero-order valence-electron chi connectivity index (χ0n) is 81.5. The average molecular weight is 1920 g/mol. The van der Waals surface area contributed by atoms with E-state index < -0.39 is 0 Å². The van der Waals surface area contributed by atoms with Crippen molar-refractivity contribution in [3.63, 3.8) is 0 Å². The minimum Gasteiger partial charge on any atom is -0.309 e. The maximum atomic E-state index is 5.31. The Morgan fingerprint density at radius 2 is 0.353 bits per heavy atom. The second kappa shape index (κ2) is 37.2. The van der Waals surface area contributed by atoms with E-state index in [1.165, 1.54) is 126 Å². The summed E-state index contributed by atoms with van der Waals surface area (Å²) >= 11 is 0. The quantitative estimate of drug-likeness (QED) is 0.102. The lowest BCUT2D eigenvalue weighted by atomic mass is 10.0. The first-order valence-electron chi connectivity index (χ1n) is 50.9. The van der Waals surface area contributed by atoms with Gasteiger partial charge in [-0.3, -0.25) is 13.7 Å². The third kappa shape index (κ3) is 15.5. The number of fused-ring (bicyclic) bond motifs is 18. The summed E-state index contributed by atoms with van der Waals surface area (Å²) in [6.45, 7) is 0. The highest BCUT2D eigenvalue weighted by molar-refractivity contribution is 6.17. The molecule has 11 nitrogen and oxygen atoms in total. The fraction of sp³-hybridized carbons (Fsp3) is 0. The van der Waals surface area contributed by atoms with Crippen LogP contribution in [0.25, 0.3) is 266 Å². The van der Waals surface area contributed by atoms with Crippen LogP contribution in [0.2, 0.25) is 0 Å². The standard InChI is InChI=1S/C47H31N3.2C46H30N4/c1-4-14-32(15-5-1)36-29-42(33-16-6-2-7-17-33)48-47(31-36)50-44-23-13-11-21-39(44)41-28-34(25-27-45(41)50)35-24-26-40-38-20-10-12-22-43(38)49(46(40)30-35)37-18-8-3-9-19-37;1-4-14-31(15-5-1)40-30-41(32-16-6-2-7-17-32)48-46(47-40)50-43-23-13-11-21-37(43)39-28-33(25-27-44(39)50)34-24-26-38-36-20-10-12-22-42(36)49(45(38)29-34)35-18-8-3-9-19-35;1-4-14-31(15-5-1)40-30-45(48-46(47-40)32-16-6-2-7-17-32)50-42-23-13-11-21-37(42)39-28-33(25-27-43(39)50)34-24-26-38-36-20-10-12-22-41(36)49(44(38)29-34)35-18-8-3-9-19-35/h1-31H;2*1-30H. The molecule has 0 N–H and O–H groups in total. The fourth-order valence-electron chi connectivity index (χ4n) is 22.4. The van der Waals surface area contributed by atoms with Crippen LogP contribution in [0.15, 0.2) is 552 Å². The van der Waals surface area contributed by atoms with Crippen molar-refractivity contribution in [1.29, 1.82) is 0 Å². The van der Waals surface area contributed by atoms with Gasteiger partial charge < -0.3 is 13.7 Å². The Balaban J connectivity index is 0.000000108. The molecule has 11 heteroatoms. The summed E-state index contributed by atoms with van der Waals surface area (Å²) in [6, 6.07) is 196. The summed E-state index contributed by atoms with van der Waals surface area (Å²) in [6.07, 6.45) is 0. The Kier molecular flexibility index (Phi) is 21.7. The molecule has 21 aromatic carbocycles. The summed E-state index contributed by atoms with van der Waals surface area (Å²) in [7, 11) is 0. The Hall–Kier alpha value is -20.3. The molecule has 0 radical (unpaired) electrons. The highest BCUT2D eigenvalue weighted by atomic mass is 15.2. The van der Waals surface area contributed by atoms with Crippen molar-refractivity contribution >= 4 is 131 Å². The Morgan fingerprint density at radius 1 is 0.113 bits per heavy atom. The third-order valence-electron chi connectivity index (χ3n) is 29.4. The average Bonchev–Trinajstić information content (AvgIpc) is 1.58. The molecule has 0 saturated heterocycles. The minimum atomic E-state index is 0.651. The summed E-state index contributed by atoms with van der Waals surface area (Å²) in [5, 5.41) is 14.6.